The molecule has 0 unspecified atom stereocenters. The van der Waals surface area contributed by atoms with Crippen LogP contribution in [0.15, 0.2) is 24.4 Å². The van der Waals surface area contributed by atoms with E-state index in [4.69, 9.17) is 10.5 Å². The van der Waals surface area contributed by atoms with Gasteiger partial charge in [-0.3, -0.25) is 4.79 Å². The lowest BCUT2D eigenvalue weighted by atomic mass is 10.2. The number of hydrogen-bond acceptors (Lipinski definition) is 4. The zero-order chi connectivity index (χ0) is 11.1. The SMILES string of the molecule is CCOC(=O)CC=Cc1ccc(N)nc1. The minimum absolute atomic E-state index is 0.225. The van der Waals surface area contributed by atoms with Crippen molar-refractivity contribution in [3.63, 3.8) is 0 Å². The van der Waals surface area contributed by atoms with Crippen LogP contribution in [0.5, 0.6) is 0 Å². The first-order chi connectivity index (χ1) is 7.22. The number of nitrogens with zero attached hydrogens (tertiary/aromatic N) is 1. The van der Waals surface area contributed by atoms with Crippen molar-refractivity contribution in [2.45, 2.75) is 13.3 Å². The maximum atomic E-state index is 11.0. The smallest absolute Gasteiger partial charge is 0.309 e. The number of hydrogen-bond donors (Lipinski definition) is 1. The number of aromatic nitrogens is 1. The van der Waals surface area contributed by atoms with Gasteiger partial charge >= 0.3 is 5.97 Å². The Kier molecular flexibility index (Phi) is 4.34. The normalized spacial score (nSPS) is 10.5. The summed E-state index contributed by atoms with van der Waals surface area (Å²) < 4.78 is 4.77. The third-order valence-corrected chi connectivity index (χ3v) is 1.71. The summed E-state index contributed by atoms with van der Waals surface area (Å²) in [4.78, 5) is 14.9. The fourth-order valence-electron chi connectivity index (χ4n) is 1.03. The lowest BCUT2D eigenvalue weighted by molar-refractivity contribution is -0.142. The van der Waals surface area contributed by atoms with Gasteiger partial charge in [-0.15, -0.1) is 0 Å². The van der Waals surface area contributed by atoms with Gasteiger partial charge in [0.2, 0.25) is 0 Å². The maximum Gasteiger partial charge on any atom is 0.309 e. The Bertz CT molecular complexity index is 344. The summed E-state index contributed by atoms with van der Waals surface area (Å²) >= 11 is 0. The predicted molar refractivity (Wildman–Crippen MR) is 58.9 cm³/mol. The van der Waals surface area contributed by atoms with Crippen molar-refractivity contribution in [3.05, 3.63) is 30.0 Å². The number of anilines is 1. The Labute approximate surface area is 88.8 Å². The van der Waals surface area contributed by atoms with Crippen molar-refractivity contribution >= 4 is 17.9 Å². The molecule has 0 aliphatic rings. The molecule has 0 radical (unpaired) electrons. The Morgan fingerprint density at radius 2 is 2.40 bits per heavy atom. The number of rotatable bonds is 4. The van der Waals surface area contributed by atoms with Crippen LogP contribution in [0.4, 0.5) is 5.82 Å². The quantitative estimate of drug-likeness (QED) is 0.760. The molecule has 0 bridgehead atoms. The van der Waals surface area contributed by atoms with Gasteiger partial charge in [-0.05, 0) is 24.6 Å². The van der Waals surface area contributed by atoms with Crippen molar-refractivity contribution < 1.29 is 9.53 Å². The second-order valence-electron chi connectivity index (χ2n) is 2.93. The Morgan fingerprint density at radius 3 is 3.00 bits per heavy atom. The number of ether oxygens (including phenoxy) is 1. The number of nitrogens with two attached hydrogens (primary N) is 1. The van der Waals surface area contributed by atoms with E-state index in [1.165, 1.54) is 0 Å². The van der Waals surface area contributed by atoms with Crippen LogP contribution in [0, 0.1) is 0 Å². The van der Waals surface area contributed by atoms with E-state index in [2.05, 4.69) is 4.98 Å². The molecule has 1 rings (SSSR count). The van der Waals surface area contributed by atoms with Gasteiger partial charge in [0.1, 0.15) is 5.82 Å². The van der Waals surface area contributed by atoms with Crippen molar-refractivity contribution in [2.75, 3.05) is 12.3 Å². The monoisotopic (exact) mass is 206 g/mol. The summed E-state index contributed by atoms with van der Waals surface area (Å²) in [5, 5.41) is 0. The fourth-order valence-corrected chi connectivity index (χ4v) is 1.03. The van der Waals surface area contributed by atoms with Crippen molar-refractivity contribution in [1.29, 1.82) is 0 Å². The van der Waals surface area contributed by atoms with E-state index in [9.17, 15) is 4.79 Å². The van der Waals surface area contributed by atoms with E-state index in [0.717, 1.165) is 5.56 Å². The molecule has 0 aliphatic heterocycles. The van der Waals surface area contributed by atoms with E-state index < -0.39 is 0 Å². The van der Waals surface area contributed by atoms with Crippen LogP contribution >= 0.6 is 0 Å². The lowest BCUT2D eigenvalue weighted by Gasteiger charge is -1.97. The molecule has 2 N–H and O–H groups in total. The van der Waals surface area contributed by atoms with Gasteiger partial charge in [0, 0.05) is 6.20 Å². The van der Waals surface area contributed by atoms with Crippen LogP contribution in [0.1, 0.15) is 18.9 Å². The van der Waals surface area contributed by atoms with E-state index in [1.54, 1.807) is 25.3 Å². The molecule has 0 aliphatic carbocycles. The molecule has 0 amide bonds. The van der Waals surface area contributed by atoms with Gasteiger partial charge in [-0.2, -0.15) is 0 Å². The van der Waals surface area contributed by atoms with Crippen LogP contribution in [-0.4, -0.2) is 17.6 Å². The van der Waals surface area contributed by atoms with Gasteiger partial charge in [-0.25, -0.2) is 4.98 Å². The fraction of sp³-hybridized carbons (Fsp3) is 0.273. The van der Waals surface area contributed by atoms with Crippen LogP contribution in [0.25, 0.3) is 6.08 Å². The predicted octanol–water partition coefficient (Wildman–Crippen LogP) is 1.63. The summed E-state index contributed by atoms with van der Waals surface area (Å²) in [5.41, 5.74) is 6.34. The highest BCUT2D eigenvalue weighted by Gasteiger charge is 1.96. The highest BCUT2D eigenvalue weighted by molar-refractivity contribution is 5.72. The number of carbonyl (C=O) groups excluding carboxylic acids is 1. The van der Waals surface area contributed by atoms with Gasteiger partial charge in [0.25, 0.3) is 0 Å². The summed E-state index contributed by atoms with van der Waals surface area (Å²) in [6.07, 6.45) is 5.48. The molecule has 0 fully saturated rings. The zero-order valence-electron chi connectivity index (χ0n) is 8.64. The molecule has 80 valence electrons. The molecule has 4 heteroatoms. The molecule has 0 aromatic carbocycles. The standard InChI is InChI=1S/C11H14N2O2/c1-2-15-11(14)5-3-4-9-6-7-10(12)13-8-9/h3-4,6-8H,2,5H2,1H3,(H2,12,13). The first kappa shape index (κ1) is 11.2. The summed E-state index contributed by atoms with van der Waals surface area (Å²) in [6, 6.07) is 3.55. The third-order valence-electron chi connectivity index (χ3n) is 1.71. The lowest BCUT2D eigenvalue weighted by Crippen LogP contribution is -2.01. The third kappa shape index (κ3) is 4.26. The molecule has 15 heavy (non-hydrogen) atoms. The molecule has 0 spiro atoms. The van der Waals surface area contributed by atoms with Crippen LogP contribution in [-0.2, 0) is 9.53 Å². The highest BCUT2D eigenvalue weighted by atomic mass is 16.5. The minimum Gasteiger partial charge on any atom is -0.466 e. The zero-order valence-corrected chi connectivity index (χ0v) is 8.64. The summed E-state index contributed by atoms with van der Waals surface area (Å²) in [7, 11) is 0. The van der Waals surface area contributed by atoms with Crippen molar-refractivity contribution in [2.24, 2.45) is 0 Å². The summed E-state index contributed by atoms with van der Waals surface area (Å²) in [5.74, 6) is 0.259. The van der Waals surface area contributed by atoms with E-state index in [1.807, 2.05) is 12.1 Å². The Balaban J connectivity index is 2.44. The Morgan fingerprint density at radius 1 is 1.60 bits per heavy atom. The van der Waals surface area contributed by atoms with Crippen molar-refractivity contribution in [1.82, 2.24) is 4.98 Å². The van der Waals surface area contributed by atoms with Crippen molar-refractivity contribution in [3.8, 4) is 0 Å². The molecule has 0 saturated heterocycles. The molecule has 1 heterocycles. The maximum absolute atomic E-state index is 11.0. The van der Waals surface area contributed by atoms with Gasteiger partial charge in [0.05, 0.1) is 13.0 Å². The van der Waals surface area contributed by atoms with E-state index in [-0.39, 0.29) is 12.4 Å². The van der Waals surface area contributed by atoms with Crippen LogP contribution in [0.2, 0.25) is 0 Å². The number of nitrogen functional groups attached to an aromatic ring is 1. The largest absolute Gasteiger partial charge is 0.466 e. The molecule has 1 aromatic heterocycles. The minimum atomic E-state index is -0.225. The Hall–Kier alpha value is -1.84. The second-order valence-corrected chi connectivity index (χ2v) is 2.93. The number of esters is 1. The molecule has 4 nitrogen and oxygen atoms in total. The summed E-state index contributed by atoms with van der Waals surface area (Å²) in [6.45, 7) is 2.20. The number of carbonyl (C=O) groups is 1. The van der Waals surface area contributed by atoms with Gasteiger partial charge in [0.15, 0.2) is 0 Å². The average molecular weight is 206 g/mol. The van der Waals surface area contributed by atoms with Crippen LogP contribution < -0.4 is 5.73 Å². The first-order valence-electron chi connectivity index (χ1n) is 4.76. The van der Waals surface area contributed by atoms with E-state index in [0.29, 0.717) is 12.4 Å². The van der Waals surface area contributed by atoms with Crippen LogP contribution in [0.3, 0.4) is 0 Å². The van der Waals surface area contributed by atoms with E-state index >= 15 is 0 Å². The highest BCUT2D eigenvalue weighted by Crippen LogP contribution is 2.04. The van der Waals surface area contributed by atoms with Gasteiger partial charge < -0.3 is 10.5 Å². The molecular weight excluding hydrogens is 192 g/mol. The molecule has 1 aromatic rings. The molecule has 0 saturated carbocycles. The second kappa shape index (κ2) is 5.80. The first-order valence-corrected chi connectivity index (χ1v) is 4.76. The topological polar surface area (TPSA) is 65.2 Å². The molecular formula is C11H14N2O2. The molecule has 0 atom stereocenters. The van der Waals surface area contributed by atoms with Gasteiger partial charge in [-0.1, -0.05) is 12.2 Å². The number of pyridine rings is 1. The average Bonchev–Trinajstić information content (AvgIpc) is 2.21.